The van der Waals surface area contributed by atoms with E-state index in [1.807, 2.05) is 24.3 Å². The summed E-state index contributed by atoms with van der Waals surface area (Å²) in [7, 11) is 0. The maximum absolute atomic E-state index is 12.2. The van der Waals surface area contributed by atoms with Crippen molar-refractivity contribution in [1.82, 2.24) is 10.3 Å². The van der Waals surface area contributed by atoms with E-state index < -0.39 is 0 Å². The molecule has 3 rings (SSSR count). The summed E-state index contributed by atoms with van der Waals surface area (Å²) in [5.74, 6) is -0.189. The number of rotatable bonds is 3. The van der Waals surface area contributed by atoms with Crippen molar-refractivity contribution < 1.29 is 4.79 Å². The first-order valence-corrected chi connectivity index (χ1v) is 7.39. The van der Waals surface area contributed by atoms with Gasteiger partial charge in [-0.15, -0.1) is 0 Å². The van der Waals surface area contributed by atoms with Crippen molar-refractivity contribution in [2.24, 2.45) is 0 Å². The van der Waals surface area contributed by atoms with Crippen LogP contribution in [0.3, 0.4) is 0 Å². The van der Waals surface area contributed by atoms with E-state index in [1.165, 1.54) is 12.8 Å². The third-order valence-electron chi connectivity index (χ3n) is 3.81. The van der Waals surface area contributed by atoms with Crippen molar-refractivity contribution in [1.29, 1.82) is 5.41 Å². The number of hydrogen-bond donors (Lipinski definition) is 2. The molecule has 0 saturated carbocycles. The molecule has 22 heavy (non-hydrogen) atoms. The first-order chi connectivity index (χ1) is 10.7. The molecule has 0 atom stereocenters. The highest BCUT2D eigenvalue weighted by Gasteiger charge is 2.13. The fraction of sp³-hybridized carbons (Fsp3) is 0.235. The number of aromatic nitrogens is 1. The van der Waals surface area contributed by atoms with Gasteiger partial charge in [0, 0.05) is 42.3 Å². The standard InChI is InChI=1S/C17H18N4O/c18-16(13-7-9-19-10-8-13)20-17(22)14-3-5-15(6-4-14)21-11-1-2-12-21/h3-10H,1-2,11-12H2,(H2,18,20,22). The van der Waals surface area contributed by atoms with Crippen molar-refractivity contribution in [2.45, 2.75) is 12.8 Å². The normalized spacial score (nSPS) is 13.9. The molecule has 1 amide bonds. The van der Waals surface area contributed by atoms with Crippen LogP contribution in [0, 0.1) is 5.41 Å². The number of nitrogens with one attached hydrogen (secondary N) is 2. The van der Waals surface area contributed by atoms with E-state index in [0.29, 0.717) is 11.1 Å². The van der Waals surface area contributed by atoms with Crippen molar-refractivity contribution >= 4 is 17.4 Å². The summed E-state index contributed by atoms with van der Waals surface area (Å²) >= 11 is 0. The Kier molecular flexibility index (Phi) is 4.14. The highest BCUT2D eigenvalue weighted by molar-refractivity contribution is 6.11. The molecule has 0 unspecified atom stereocenters. The molecule has 2 aromatic rings. The van der Waals surface area contributed by atoms with Crippen LogP contribution < -0.4 is 10.2 Å². The number of amidine groups is 1. The van der Waals surface area contributed by atoms with E-state index in [0.717, 1.165) is 18.8 Å². The van der Waals surface area contributed by atoms with Crippen LogP contribution in [0.25, 0.3) is 0 Å². The van der Waals surface area contributed by atoms with Gasteiger partial charge in [0.2, 0.25) is 0 Å². The van der Waals surface area contributed by atoms with Crippen LogP contribution in [0.15, 0.2) is 48.8 Å². The smallest absolute Gasteiger partial charge is 0.256 e. The molecule has 0 radical (unpaired) electrons. The largest absolute Gasteiger partial charge is 0.372 e. The Bertz CT molecular complexity index is 661. The van der Waals surface area contributed by atoms with Gasteiger partial charge in [-0.3, -0.25) is 15.2 Å². The van der Waals surface area contributed by atoms with E-state index >= 15 is 0 Å². The lowest BCUT2D eigenvalue weighted by Gasteiger charge is -2.17. The summed E-state index contributed by atoms with van der Waals surface area (Å²) in [5.41, 5.74) is 2.34. The lowest BCUT2D eigenvalue weighted by molar-refractivity contribution is 0.0977. The Morgan fingerprint density at radius 3 is 2.27 bits per heavy atom. The Morgan fingerprint density at radius 1 is 1.00 bits per heavy atom. The Hall–Kier alpha value is -2.69. The predicted octanol–water partition coefficient (Wildman–Crippen LogP) is 2.44. The second kappa shape index (κ2) is 6.39. The number of nitrogens with zero attached hydrogens (tertiary/aromatic N) is 2. The molecule has 112 valence electrons. The minimum atomic E-state index is -0.269. The van der Waals surface area contributed by atoms with Crippen LogP contribution in [0.2, 0.25) is 0 Å². The monoisotopic (exact) mass is 294 g/mol. The maximum Gasteiger partial charge on any atom is 0.256 e. The molecule has 0 spiro atoms. The predicted molar refractivity (Wildman–Crippen MR) is 86.4 cm³/mol. The molecule has 0 aliphatic carbocycles. The molecule has 2 N–H and O–H groups in total. The molecule has 1 aliphatic heterocycles. The minimum Gasteiger partial charge on any atom is -0.372 e. The molecule has 1 aliphatic rings. The summed E-state index contributed by atoms with van der Waals surface area (Å²) in [5, 5.41) is 10.5. The van der Waals surface area contributed by atoms with Gasteiger partial charge in [-0.2, -0.15) is 0 Å². The summed E-state index contributed by atoms with van der Waals surface area (Å²) in [6.45, 7) is 2.16. The van der Waals surface area contributed by atoms with Gasteiger partial charge in [-0.25, -0.2) is 0 Å². The van der Waals surface area contributed by atoms with Crippen LogP contribution in [0.1, 0.15) is 28.8 Å². The van der Waals surface area contributed by atoms with Gasteiger partial charge in [0.25, 0.3) is 5.91 Å². The lowest BCUT2D eigenvalue weighted by atomic mass is 10.1. The van der Waals surface area contributed by atoms with Crippen LogP contribution in [0.4, 0.5) is 5.69 Å². The first-order valence-electron chi connectivity index (χ1n) is 7.39. The van der Waals surface area contributed by atoms with Gasteiger partial charge >= 0.3 is 0 Å². The zero-order chi connectivity index (χ0) is 15.4. The average molecular weight is 294 g/mol. The topological polar surface area (TPSA) is 69.1 Å². The molecular formula is C17H18N4O. The van der Waals surface area contributed by atoms with E-state index in [1.54, 1.807) is 24.5 Å². The second-order valence-electron chi connectivity index (χ2n) is 5.31. The Morgan fingerprint density at radius 2 is 1.64 bits per heavy atom. The molecular weight excluding hydrogens is 276 g/mol. The summed E-state index contributed by atoms with van der Waals surface area (Å²) in [6.07, 6.45) is 5.65. The SMILES string of the molecule is N=C(NC(=O)c1ccc(N2CCCC2)cc1)c1ccncc1. The van der Waals surface area contributed by atoms with E-state index in [2.05, 4.69) is 15.2 Å². The maximum atomic E-state index is 12.2. The van der Waals surface area contributed by atoms with Gasteiger partial charge in [0.1, 0.15) is 5.84 Å². The van der Waals surface area contributed by atoms with E-state index in [-0.39, 0.29) is 11.7 Å². The average Bonchev–Trinajstić information content (AvgIpc) is 3.10. The fourth-order valence-corrected chi connectivity index (χ4v) is 2.58. The van der Waals surface area contributed by atoms with Crippen molar-refractivity contribution in [2.75, 3.05) is 18.0 Å². The second-order valence-corrected chi connectivity index (χ2v) is 5.31. The first kappa shape index (κ1) is 14.3. The lowest BCUT2D eigenvalue weighted by Crippen LogP contribution is -2.30. The third kappa shape index (κ3) is 3.14. The van der Waals surface area contributed by atoms with Gasteiger partial charge in [0.15, 0.2) is 0 Å². The zero-order valence-electron chi connectivity index (χ0n) is 12.2. The van der Waals surface area contributed by atoms with Crippen molar-refractivity contribution in [3.05, 3.63) is 59.9 Å². The quantitative estimate of drug-likeness (QED) is 0.675. The molecule has 0 bridgehead atoms. The van der Waals surface area contributed by atoms with Gasteiger partial charge in [-0.05, 0) is 49.2 Å². The molecule has 1 fully saturated rings. The fourth-order valence-electron chi connectivity index (χ4n) is 2.58. The van der Waals surface area contributed by atoms with Crippen LogP contribution >= 0.6 is 0 Å². The highest BCUT2D eigenvalue weighted by Crippen LogP contribution is 2.20. The molecule has 1 saturated heterocycles. The summed E-state index contributed by atoms with van der Waals surface area (Å²) < 4.78 is 0. The number of amides is 1. The molecule has 2 heterocycles. The summed E-state index contributed by atoms with van der Waals surface area (Å²) in [4.78, 5) is 18.4. The molecule has 5 nitrogen and oxygen atoms in total. The number of carbonyl (C=O) groups excluding carboxylic acids is 1. The number of anilines is 1. The zero-order valence-corrected chi connectivity index (χ0v) is 12.2. The molecule has 1 aromatic heterocycles. The van der Waals surface area contributed by atoms with E-state index in [4.69, 9.17) is 5.41 Å². The van der Waals surface area contributed by atoms with Crippen LogP contribution in [-0.4, -0.2) is 29.8 Å². The third-order valence-corrected chi connectivity index (χ3v) is 3.81. The summed E-state index contributed by atoms with van der Waals surface area (Å²) in [6, 6.07) is 10.9. The molecule has 5 heteroatoms. The van der Waals surface area contributed by atoms with Crippen molar-refractivity contribution in [3.8, 4) is 0 Å². The van der Waals surface area contributed by atoms with Gasteiger partial charge in [0.05, 0.1) is 0 Å². The highest BCUT2D eigenvalue weighted by atomic mass is 16.1. The minimum absolute atomic E-state index is 0.0796. The van der Waals surface area contributed by atoms with E-state index in [9.17, 15) is 4.79 Å². The Balaban J connectivity index is 1.66. The Labute approximate surface area is 129 Å². The number of carbonyl (C=O) groups is 1. The van der Waals surface area contributed by atoms with Crippen molar-refractivity contribution in [3.63, 3.8) is 0 Å². The number of hydrogen-bond acceptors (Lipinski definition) is 4. The number of benzene rings is 1. The number of pyridine rings is 1. The molecule has 1 aromatic carbocycles. The van der Waals surface area contributed by atoms with Crippen LogP contribution in [0.5, 0.6) is 0 Å². The van der Waals surface area contributed by atoms with Crippen LogP contribution in [-0.2, 0) is 0 Å². The van der Waals surface area contributed by atoms with Gasteiger partial charge < -0.3 is 10.2 Å². The van der Waals surface area contributed by atoms with Gasteiger partial charge in [-0.1, -0.05) is 0 Å².